The molecule has 0 bridgehead atoms. The molecule has 57 heavy (non-hydrogen) atoms. The van der Waals surface area contributed by atoms with Crippen LogP contribution in [0.5, 0.6) is 0 Å². The fourth-order valence-electron chi connectivity index (χ4n) is 10.0. The third-order valence-electron chi connectivity index (χ3n) is 12.6. The van der Waals surface area contributed by atoms with Crippen LogP contribution in [0.1, 0.15) is 0 Å². The summed E-state index contributed by atoms with van der Waals surface area (Å²) in [4.78, 5) is 0. The SMILES string of the molecule is c1ccc(-c2cccc3c2ccc2c4cc(-c5ccc6ccc7cccc8ccc5c6c78)cc(-c5c6ccccc6cc6c5ccc5ccccc56)c4oc32)cc1. The highest BCUT2D eigenvalue weighted by Crippen LogP contribution is 2.48. The molecule has 0 saturated carbocycles. The molecule has 0 amide bonds. The maximum absolute atomic E-state index is 7.30. The highest BCUT2D eigenvalue weighted by molar-refractivity contribution is 6.28. The van der Waals surface area contributed by atoms with E-state index >= 15 is 0 Å². The maximum Gasteiger partial charge on any atom is 0.143 e. The van der Waals surface area contributed by atoms with Gasteiger partial charge in [0.25, 0.3) is 0 Å². The molecule has 0 unspecified atom stereocenters. The lowest BCUT2D eigenvalue weighted by atomic mass is 9.86. The largest absolute Gasteiger partial charge is 0.455 e. The molecule has 13 rings (SSSR count). The Hall–Kier alpha value is -7.48. The van der Waals surface area contributed by atoms with Crippen LogP contribution < -0.4 is 0 Å². The van der Waals surface area contributed by atoms with Crippen molar-refractivity contribution in [1.29, 1.82) is 0 Å². The Balaban J connectivity index is 1.20. The van der Waals surface area contributed by atoms with Gasteiger partial charge in [-0.3, -0.25) is 0 Å². The molecule has 0 spiro atoms. The molecule has 0 aliphatic carbocycles. The highest BCUT2D eigenvalue weighted by Gasteiger charge is 2.22. The second-order valence-electron chi connectivity index (χ2n) is 15.5. The van der Waals surface area contributed by atoms with Gasteiger partial charge in [-0.25, -0.2) is 0 Å². The third-order valence-corrected chi connectivity index (χ3v) is 12.6. The van der Waals surface area contributed by atoms with Gasteiger partial charge in [0.15, 0.2) is 0 Å². The first-order valence-electron chi connectivity index (χ1n) is 19.7. The predicted molar refractivity (Wildman–Crippen MR) is 244 cm³/mol. The molecule has 1 aromatic heterocycles. The second-order valence-corrected chi connectivity index (χ2v) is 15.5. The van der Waals surface area contributed by atoms with Gasteiger partial charge in [-0.15, -0.1) is 0 Å². The van der Waals surface area contributed by atoms with Crippen LogP contribution in [0.3, 0.4) is 0 Å². The van der Waals surface area contributed by atoms with E-state index in [2.05, 4.69) is 194 Å². The number of hydrogen-bond acceptors (Lipinski definition) is 1. The Bertz CT molecular complexity index is 3780. The molecule has 262 valence electrons. The van der Waals surface area contributed by atoms with Gasteiger partial charge in [-0.05, 0) is 117 Å². The summed E-state index contributed by atoms with van der Waals surface area (Å²) in [6.07, 6.45) is 0. The minimum Gasteiger partial charge on any atom is -0.455 e. The topological polar surface area (TPSA) is 13.1 Å². The zero-order valence-electron chi connectivity index (χ0n) is 30.9. The Morgan fingerprint density at radius 2 is 0.842 bits per heavy atom. The average molecular weight is 721 g/mol. The van der Waals surface area contributed by atoms with E-state index < -0.39 is 0 Å². The lowest BCUT2D eigenvalue weighted by Crippen LogP contribution is -1.90. The van der Waals surface area contributed by atoms with E-state index in [1.807, 2.05) is 0 Å². The maximum atomic E-state index is 7.30. The van der Waals surface area contributed by atoms with Gasteiger partial charge in [0.05, 0.1) is 0 Å². The standard InChI is InChI=1S/C56H32O/c1-2-10-33(11-3-1)40-18-9-19-47-44(40)28-29-48-50-31-39(42-25-23-37-21-20-35-14-8-15-36-24-27-45(42)53(37)52(35)36)32-51(56(50)57-55(47)48)54-43-17-7-5-13-38(43)30-49-41-16-6-4-12-34(41)22-26-46(49)54/h1-32H. The molecule has 0 N–H and O–H groups in total. The first kappa shape index (κ1) is 30.8. The molecule has 0 saturated heterocycles. The summed E-state index contributed by atoms with van der Waals surface area (Å²) in [6.45, 7) is 0. The molecule has 13 aromatic rings. The van der Waals surface area contributed by atoms with Gasteiger partial charge >= 0.3 is 0 Å². The number of benzene rings is 12. The lowest BCUT2D eigenvalue weighted by Gasteiger charge is -2.17. The molecule has 0 aliphatic rings. The summed E-state index contributed by atoms with van der Waals surface area (Å²) in [5.41, 5.74) is 8.94. The minimum absolute atomic E-state index is 0.912. The van der Waals surface area contributed by atoms with E-state index in [4.69, 9.17) is 4.42 Å². The van der Waals surface area contributed by atoms with Crippen LogP contribution in [-0.4, -0.2) is 0 Å². The smallest absolute Gasteiger partial charge is 0.143 e. The van der Waals surface area contributed by atoms with E-state index in [-0.39, 0.29) is 0 Å². The van der Waals surface area contributed by atoms with Crippen LogP contribution in [0.4, 0.5) is 0 Å². The van der Waals surface area contributed by atoms with E-state index in [0.717, 1.165) is 32.9 Å². The van der Waals surface area contributed by atoms with Crippen molar-refractivity contribution < 1.29 is 4.42 Å². The van der Waals surface area contributed by atoms with E-state index in [9.17, 15) is 0 Å². The summed E-state index contributed by atoms with van der Waals surface area (Å²) in [5, 5.41) is 19.7. The Morgan fingerprint density at radius 3 is 1.72 bits per heavy atom. The summed E-state index contributed by atoms with van der Waals surface area (Å²) in [7, 11) is 0. The molecule has 0 fully saturated rings. The van der Waals surface area contributed by atoms with E-state index in [0.29, 0.717) is 0 Å². The summed E-state index contributed by atoms with van der Waals surface area (Å²) < 4.78 is 7.30. The zero-order chi connectivity index (χ0) is 37.2. The number of rotatable bonds is 3. The van der Waals surface area contributed by atoms with Crippen LogP contribution in [0, 0.1) is 0 Å². The number of fused-ring (bicyclic) bond motifs is 9. The Morgan fingerprint density at radius 1 is 0.246 bits per heavy atom. The molecule has 1 heteroatoms. The first-order valence-corrected chi connectivity index (χ1v) is 19.7. The van der Waals surface area contributed by atoms with Crippen molar-refractivity contribution in [2.75, 3.05) is 0 Å². The molecule has 12 aromatic carbocycles. The number of furan rings is 1. The van der Waals surface area contributed by atoms with Crippen molar-refractivity contribution in [3.8, 4) is 33.4 Å². The monoisotopic (exact) mass is 720 g/mol. The van der Waals surface area contributed by atoms with Crippen LogP contribution in [0.15, 0.2) is 199 Å². The molecular weight excluding hydrogens is 689 g/mol. The second kappa shape index (κ2) is 11.5. The molecule has 0 aliphatic heterocycles. The van der Waals surface area contributed by atoms with Crippen molar-refractivity contribution in [2.24, 2.45) is 0 Å². The van der Waals surface area contributed by atoms with Gasteiger partial charge in [0.2, 0.25) is 0 Å². The molecule has 1 heterocycles. The zero-order valence-corrected chi connectivity index (χ0v) is 30.9. The molecular formula is C56H32O. The van der Waals surface area contributed by atoms with Crippen molar-refractivity contribution in [3.63, 3.8) is 0 Å². The quantitative estimate of drug-likeness (QED) is 0.131. The van der Waals surface area contributed by atoms with Gasteiger partial charge in [-0.1, -0.05) is 170 Å². The highest BCUT2D eigenvalue weighted by atomic mass is 16.3. The van der Waals surface area contributed by atoms with E-state index in [1.165, 1.54) is 97.8 Å². The van der Waals surface area contributed by atoms with E-state index in [1.54, 1.807) is 0 Å². The van der Waals surface area contributed by atoms with Crippen molar-refractivity contribution in [1.82, 2.24) is 0 Å². The van der Waals surface area contributed by atoms with Crippen molar-refractivity contribution in [2.45, 2.75) is 0 Å². The number of hydrogen-bond donors (Lipinski definition) is 0. The van der Waals surface area contributed by atoms with Gasteiger partial charge in [0, 0.05) is 27.3 Å². The third kappa shape index (κ3) is 4.34. The van der Waals surface area contributed by atoms with Crippen molar-refractivity contribution in [3.05, 3.63) is 194 Å². The van der Waals surface area contributed by atoms with Crippen LogP contribution in [0.25, 0.3) is 131 Å². The average Bonchev–Trinajstić information content (AvgIpc) is 3.66. The fourth-order valence-corrected chi connectivity index (χ4v) is 10.0. The van der Waals surface area contributed by atoms with Gasteiger partial charge < -0.3 is 4.42 Å². The normalized spacial score (nSPS) is 12.2. The van der Waals surface area contributed by atoms with Crippen LogP contribution in [0.2, 0.25) is 0 Å². The molecule has 0 radical (unpaired) electrons. The summed E-state index contributed by atoms with van der Waals surface area (Å²) in [5.74, 6) is 0. The summed E-state index contributed by atoms with van der Waals surface area (Å²) >= 11 is 0. The van der Waals surface area contributed by atoms with Gasteiger partial charge in [-0.2, -0.15) is 0 Å². The lowest BCUT2D eigenvalue weighted by molar-refractivity contribution is 0.674. The molecule has 0 atom stereocenters. The van der Waals surface area contributed by atoms with Crippen LogP contribution >= 0.6 is 0 Å². The summed E-state index contributed by atoms with van der Waals surface area (Å²) in [6, 6.07) is 71.6. The first-order chi connectivity index (χ1) is 28.3. The van der Waals surface area contributed by atoms with Crippen molar-refractivity contribution >= 4 is 97.3 Å². The fraction of sp³-hybridized carbons (Fsp3) is 0. The predicted octanol–water partition coefficient (Wildman–Crippen LogP) is 16.1. The molecule has 1 nitrogen and oxygen atoms in total. The minimum atomic E-state index is 0.912. The Kier molecular flexibility index (Phi) is 6.23. The Labute approximate surface area is 328 Å². The van der Waals surface area contributed by atoms with Gasteiger partial charge in [0.1, 0.15) is 11.2 Å². The van der Waals surface area contributed by atoms with Crippen LogP contribution in [-0.2, 0) is 0 Å².